The van der Waals surface area contributed by atoms with E-state index >= 15 is 0 Å². The van der Waals surface area contributed by atoms with Crippen LogP contribution in [0.3, 0.4) is 0 Å². The summed E-state index contributed by atoms with van der Waals surface area (Å²) in [6, 6.07) is 3.73. The van der Waals surface area contributed by atoms with Gasteiger partial charge in [0.1, 0.15) is 0 Å². The molecule has 0 nitrogen and oxygen atoms in total. The van der Waals surface area contributed by atoms with Crippen molar-refractivity contribution in [3.8, 4) is 0 Å². The first-order chi connectivity index (χ1) is 5.15. The molecule has 1 aromatic rings. The Balaban J connectivity index is 3.36. The summed E-state index contributed by atoms with van der Waals surface area (Å²) in [5, 5.41) is 1.31. The predicted octanol–water partition coefficient (Wildman–Crippen LogP) is 3.94. The van der Waals surface area contributed by atoms with E-state index in [1.54, 1.807) is 6.08 Å². The number of rotatable bonds is 1. The van der Waals surface area contributed by atoms with Crippen LogP contribution in [0.15, 0.2) is 18.7 Å². The first kappa shape index (κ1) is 8.63. The standard InChI is InChI=1S/C9H8Cl2/c1-3-7-8(10)4-6(2)5-9(7)11/h3-5H,1H2,2H3. The summed E-state index contributed by atoms with van der Waals surface area (Å²) in [5.41, 5.74) is 1.87. The number of halogens is 2. The minimum absolute atomic E-state index is 0.657. The lowest BCUT2D eigenvalue weighted by Crippen LogP contribution is -1.79. The maximum Gasteiger partial charge on any atom is 0.0495 e. The van der Waals surface area contributed by atoms with Crippen molar-refractivity contribution in [1.29, 1.82) is 0 Å². The first-order valence-electron chi connectivity index (χ1n) is 3.23. The monoisotopic (exact) mass is 186 g/mol. The van der Waals surface area contributed by atoms with Crippen molar-refractivity contribution < 1.29 is 0 Å². The molecule has 0 fully saturated rings. The van der Waals surface area contributed by atoms with E-state index in [0.29, 0.717) is 10.0 Å². The van der Waals surface area contributed by atoms with Crippen molar-refractivity contribution in [3.63, 3.8) is 0 Å². The van der Waals surface area contributed by atoms with E-state index in [2.05, 4.69) is 6.58 Å². The van der Waals surface area contributed by atoms with Gasteiger partial charge in [-0.05, 0) is 24.6 Å². The van der Waals surface area contributed by atoms with E-state index < -0.39 is 0 Å². The van der Waals surface area contributed by atoms with Gasteiger partial charge < -0.3 is 0 Å². The zero-order valence-corrected chi connectivity index (χ0v) is 7.71. The van der Waals surface area contributed by atoms with Crippen LogP contribution in [-0.2, 0) is 0 Å². The normalized spacial score (nSPS) is 9.73. The molecule has 0 radical (unpaired) electrons. The van der Waals surface area contributed by atoms with Gasteiger partial charge in [-0.3, -0.25) is 0 Å². The minimum Gasteiger partial charge on any atom is -0.0984 e. The Bertz CT molecular complexity index is 267. The quantitative estimate of drug-likeness (QED) is 0.624. The van der Waals surface area contributed by atoms with Crippen molar-refractivity contribution in [1.82, 2.24) is 0 Å². The van der Waals surface area contributed by atoms with E-state index in [1.807, 2.05) is 19.1 Å². The minimum atomic E-state index is 0.657. The van der Waals surface area contributed by atoms with Crippen LogP contribution in [0.1, 0.15) is 11.1 Å². The molecule has 2 heteroatoms. The van der Waals surface area contributed by atoms with E-state index in [9.17, 15) is 0 Å². The fraction of sp³-hybridized carbons (Fsp3) is 0.111. The Morgan fingerprint density at radius 3 is 2.09 bits per heavy atom. The van der Waals surface area contributed by atoms with Crippen molar-refractivity contribution in [2.45, 2.75) is 6.92 Å². The van der Waals surface area contributed by atoms with Gasteiger partial charge in [-0.2, -0.15) is 0 Å². The van der Waals surface area contributed by atoms with Crippen LogP contribution in [0.25, 0.3) is 6.08 Å². The van der Waals surface area contributed by atoms with Gasteiger partial charge in [-0.1, -0.05) is 35.9 Å². The highest BCUT2D eigenvalue weighted by Gasteiger charge is 2.01. The molecule has 0 aliphatic heterocycles. The Morgan fingerprint density at radius 1 is 1.27 bits per heavy atom. The number of hydrogen-bond acceptors (Lipinski definition) is 0. The van der Waals surface area contributed by atoms with Crippen LogP contribution in [-0.4, -0.2) is 0 Å². The number of hydrogen-bond donors (Lipinski definition) is 0. The second-order valence-corrected chi connectivity index (χ2v) is 3.16. The molecule has 0 aliphatic rings. The van der Waals surface area contributed by atoms with Crippen molar-refractivity contribution in [2.24, 2.45) is 0 Å². The van der Waals surface area contributed by atoms with Gasteiger partial charge in [0.25, 0.3) is 0 Å². The highest BCUT2D eigenvalue weighted by molar-refractivity contribution is 6.37. The molecule has 0 atom stereocenters. The Labute approximate surface area is 76.4 Å². The summed E-state index contributed by atoms with van der Waals surface area (Å²) in [6.45, 7) is 5.56. The van der Waals surface area contributed by atoms with Gasteiger partial charge >= 0.3 is 0 Å². The summed E-state index contributed by atoms with van der Waals surface area (Å²) in [7, 11) is 0. The van der Waals surface area contributed by atoms with Crippen molar-refractivity contribution in [3.05, 3.63) is 39.9 Å². The fourth-order valence-corrected chi connectivity index (χ4v) is 1.66. The number of benzene rings is 1. The van der Waals surface area contributed by atoms with Crippen LogP contribution in [0, 0.1) is 6.92 Å². The Hall–Kier alpha value is -0.460. The lowest BCUT2D eigenvalue weighted by molar-refractivity contribution is 1.46. The molecule has 0 heterocycles. The van der Waals surface area contributed by atoms with Crippen molar-refractivity contribution in [2.75, 3.05) is 0 Å². The molecule has 1 aromatic carbocycles. The molecule has 0 aliphatic carbocycles. The predicted molar refractivity (Wildman–Crippen MR) is 51.3 cm³/mol. The molecular weight excluding hydrogens is 179 g/mol. The number of aryl methyl sites for hydroxylation is 1. The van der Waals surface area contributed by atoms with E-state index in [-0.39, 0.29) is 0 Å². The second-order valence-electron chi connectivity index (χ2n) is 2.35. The maximum atomic E-state index is 5.88. The van der Waals surface area contributed by atoms with E-state index in [0.717, 1.165) is 11.1 Å². The maximum absolute atomic E-state index is 5.88. The van der Waals surface area contributed by atoms with Crippen LogP contribution in [0.2, 0.25) is 10.0 Å². The summed E-state index contributed by atoms with van der Waals surface area (Å²) in [4.78, 5) is 0. The largest absolute Gasteiger partial charge is 0.0984 e. The zero-order valence-electron chi connectivity index (χ0n) is 6.20. The molecule has 0 saturated carbocycles. The van der Waals surface area contributed by atoms with Gasteiger partial charge in [0, 0.05) is 15.6 Å². The van der Waals surface area contributed by atoms with Crippen molar-refractivity contribution >= 4 is 29.3 Å². The molecule has 0 bridgehead atoms. The Kier molecular flexibility index (Phi) is 2.58. The smallest absolute Gasteiger partial charge is 0.0495 e. The van der Waals surface area contributed by atoms with Gasteiger partial charge in [0.15, 0.2) is 0 Å². The third kappa shape index (κ3) is 1.76. The van der Waals surface area contributed by atoms with E-state index in [1.165, 1.54) is 0 Å². The molecule has 11 heavy (non-hydrogen) atoms. The molecule has 0 spiro atoms. The lowest BCUT2D eigenvalue weighted by Gasteiger charge is -2.02. The highest BCUT2D eigenvalue weighted by Crippen LogP contribution is 2.26. The molecule has 0 N–H and O–H groups in total. The van der Waals surface area contributed by atoms with Gasteiger partial charge in [-0.15, -0.1) is 0 Å². The molecule has 0 saturated heterocycles. The fourth-order valence-electron chi connectivity index (χ4n) is 0.906. The third-order valence-electron chi connectivity index (χ3n) is 1.43. The highest BCUT2D eigenvalue weighted by atomic mass is 35.5. The average Bonchev–Trinajstić information content (AvgIpc) is 1.85. The first-order valence-corrected chi connectivity index (χ1v) is 3.99. The molecule has 0 aromatic heterocycles. The summed E-state index contributed by atoms with van der Waals surface area (Å²) in [6.07, 6.45) is 1.66. The average molecular weight is 187 g/mol. The molecule has 1 rings (SSSR count). The lowest BCUT2D eigenvalue weighted by atomic mass is 10.1. The van der Waals surface area contributed by atoms with Crippen LogP contribution in [0.5, 0.6) is 0 Å². The van der Waals surface area contributed by atoms with Crippen LogP contribution in [0.4, 0.5) is 0 Å². The zero-order chi connectivity index (χ0) is 8.43. The van der Waals surface area contributed by atoms with E-state index in [4.69, 9.17) is 23.2 Å². The molecular formula is C9H8Cl2. The summed E-state index contributed by atoms with van der Waals surface area (Å²) >= 11 is 11.8. The summed E-state index contributed by atoms with van der Waals surface area (Å²) < 4.78 is 0. The molecule has 0 amide bonds. The molecule has 58 valence electrons. The van der Waals surface area contributed by atoms with Gasteiger partial charge in [0.2, 0.25) is 0 Å². The van der Waals surface area contributed by atoms with Gasteiger partial charge in [-0.25, -0.2) is 0 Å². The van der Waals surface area contributed by atoms with Gasteiger partial charge in [0.05, 0.1) is 0 Å². The second kappa shape index (κ2) is 3.29. The SMILES string of the molecule is C=Cc1c(Cl)cc(C)cc1Cl. The summed E-state index contributed by atoms with van der Waals surface area (Å²) in [5.74, 6) is 0. The third-order valence-corrected chi connectivity index (χ3v) is 2.05. The topological polar surface area (TPSA) is 0 Å². The van der Waals surface area contributed by atoms with Crippen LogP contribution < -0.4 is 0 Å². The Morgan fingerprint density at radius 2 is 1.73 bits per heavy atom. The van der Waals surface area contributed by atoms with Crippen LogP contribution >= 0.6 is 23.2 Å². The molecule has 0 unspecified atom stereocenters.